The summed E-state index contributed by atoms with van der Waals surface area (Å²) in [5.41, 5.74) is 6.84. The van der Waals surface area contributed by atoms with Crippen molar-refractivity contribution in [3.63, 3.8) is 0 Å². The molecular formula is C6H7BN2. The maximum Gasteiger partial charge on any atom is 0.113 e. The zero-order valence-electron chi connectivity index (χ0n) is 5.04. The van der Waals surface area contributed by atoms with E-state index in [1.54, 1.807) is 18.3 Å². The zero-order valence-corrected chi connectivity index (χ0v) is 5.04. The lowest BCUT2D eigenvalue weighted by molar-refractivity contribution is 0.994. The van der Waals surface area contributed by atoms with E-state index >= 15 is 0 Å². The maximum atomic E-state index is 5.44. The first-order chi connectivity index (χ1) is 4.33. The van der Waals surface area contributed by atoms with Crippen LogP contribution in [0.3, 0.4) is 0 Å². The lowest BCUT2D eigenvalue weighted by Gasteiger charge is -1.94. The van der Waals surface area contributed by atoms with Gasteiger partial charge in [0.25, 0.3) is 0 Å². The van der Waals surface area contributed by atoms with E-state index in [9.17, 15) is 0 Å². The van der Waals surface area contributed by atoms with Crippen LogP contribution in [0, 0.1) is 0 Å². The molecule has 0 saturated heterocycles. The standard InChI is InChI=1S/C6H7BN2/c7-5-1-2-9-6(3-5)4-8/h1-3H,4,8H2. The highest BCUT2D eigenvalue weighted by Crippen LogP contribution is 1.85. The summed E-state index contributed by atoms with van der Waals surface area (Å²) in [7, 11) is 5.44. The van der Waals surface area contributed by atoms with Crippen molar-refractivity contribution in [2.24, 2.45) is 5.73 Å². The minimum Gasteiger partial charge on any atom is -0.325 e. The fourth-order valence-electron chi connectivity index (χ4n) is 0.608. The predicted octanol–water partition coefficient (Wildman–Crippen LogP) is -0.666. The first kappa shape index (κ1) is 6.30. The number of hydrogen-bond donors (Lipinski definition) is 1. The molecule has 1 aromatic heterocycles. The summed E-state index contributed by atoms with van der Waals surface area (Å²) in [5, 5.41) is 0. The van der Waals surface area contributed by atoms with E-state index in [0.29, 0.717) is 12.0 Å². The molecule has 0 saturated carbocycles. The molecule has 3 heteroatoms. The third-order valence-corrected chi connectivity index (χ3v) is 1.05. The molecule has 0 unspecified atom stereocenters. The predicted molar refractivity (Wildman–Crippen MR) is 37.5 cm³/mol. The summed E-state index contributed by atoms with van der Waals surface area (Å²) < 4.78 is 0. The lowest BCUT2D eigenvalue weighted by Crippen LogP contribution is -2.07. The number of pyridine rings is 1. The molecule has 0 atom stereocenters. The van der Waals surface area contributed by atoms with Crippen molar-refractivity contribution in [2.45, 2.75) is 6.54 Å². The molecule has 0 aliphatic carbocycles. The minimum absolute atomic E-state index is 0.449. The monoisotopic (exact) mass is 118 g/mol. The molecule has 9 heavy (non-hydrogen) atoms. The van der Waals surface area contributed by atoms with Gasteiger partial charge in [0, 0.05) is 12.7 Å². The Labute approximate surface area is 55.5 Å². The Morgan fingerprint density at radius 1 is 1.67 bits per heavy atom. The van der Waals surface area contributed by atoms with Crippen LogP contribution >= 0.6 is 0 Å². The number of aromatic nitrogens is 1. The van der Waals surface area contributed by atoms with Gasteiger partial charge in [-0.1, -0.05) is 11.5 Å². The topological polar surface area (TPSA) is 38.9 Å². The maximum absolute atomic E-state index is 5.44. The molecule has 2 N–H and O–H groups in total. The van der Waals surface area contributed by atoms with Gasteiger partial charge in [0.05, 0.1) is 5.69 Å². The van der Waals surface area contributed by atoms with Crippen molar-refractivity contribution in [3.8, 4) is 0 Å². The molecule has 2 radical (unpaired) electrons. The number of nitrogens with zero attached hydrogens (tertiary/aromatic N) is 1. The fourth-order valence-corrected chi connectivity index (χ4v) is 0.608. The highest BCUT2D eigenvalue weighted by molar-refractivity contribution is 6.32. The molecule has 0 aromatic carbocycles. The van der Waals surface area contributed by atoms with E-state index < -0.39 is 0 Å². The molecule has 0 bridgehead atoms. The van der Waals surface area contributed by atoms with Crippen LogP contribution in [0.25, 0.3) is 0 Å². The van der Waals surface area contributed by atoms with Gasteiger partial charge in [0.2, 0.25) is 0 Å². The highest BCUT2D eigenvalue weighted by atomic mass is 14.7. The normalized spacial score (nSPS) is 9.44. The average molecular weight is 118 g/mol. The van der Waals surface area contributed by atoms with Crippen molar-refractivity contribution >= 4 is 13.3 Å². The third kappa shape index (κ3) is 1.54. The van der Waals surface area contributed by atoms with E-state index in [1.165, 1.54) is 0 Å². The van der Waals surface area contributed by atoms with Crippen LogP contribution < -0.4 is 11.2 Å². The van der Waals surface area contributed by atoms with Crippen LogP contribution in [-0.2, 0) is 6.54 Å². The van der Waals surface area contributed by atoms with Gasteiger partial charge in [0.1, 0.15) is 7.85 Å². The fraction of sp³-hybridized carbons (Fsp3) is 0.167. The molecule has 2 nitrogen and oxygen atoms in total. The first-order valence-corrected chi connectivity index (χ1v) is 2.73. The van der Waals surface area contributed by atoms with Crippen molar-refractivity contribution < 1.29 is 0 Å². The Morgan fingerprint density at radius 2 is 2.44 bits per heavy atom. The van der Waals surface area contributed by atoms with Gasteiger partial charge in [-0.05, 0) is 6.07 Å². The number of hydrogen-bond acceptors (Lipinski definition) is 2. The van der Waals surface area contributed by atoms with Gasteiger partial charge in [-0.3, -0.25) is 4.98 Å². The molecule has 0 spiro atoms. The number of rotatable bonds is 1. The quantitative estimate of drug-likeness (QED) is 0.497. The van der Waals surface area contributed by atoms with E-state index in [-0.39, 0.29) is 0 Å². The van der Waals surface area contributed by atoms with E-state index in [1.807, 2.05) is 0 Å². The second kappa shape index (κ2) is 2.64. The van der Waals surface area contributed by atoms with Crippen LogP contribution in [0.4, 0.5) is 0 Å². The van der Waals surface area contributed by atoms with Crippen LogP contribution in [0.15, 0.2) is 18.3 Å². The molecule has 0 aliphatic heterocycles. The Kier molecular flexibility index (Phi) is 1.85. The summed E-state index contributed by atoms with van der Waals surface area (Å²) >= 11 is 0. The highest BCUT2D eigenvalue weighted by Gasteiger charge is 1.87. The minimum atomic E-state index is 0.449. The largest absolute Gasteiger partial charge is 0.325 e. The summed E-state index contributed by atoms with van der Waals surface area (Å²) in [5.74, 6) is 0. The SMILES string of the molecule is [B]c1ccnc(CN)c1. The van der Waals surface area contributed by atoms with Gasteiger partial charge in [0.15, 0.2) is 0 Å². The van der Waals surface area contributed by atoms with Gasteiger partial charge in [-0.25, -0.2) is 0 Å². The van der Waals surface area contributed by atoms with Crippen molar-refractivity contribution in [2.75, 3.05) is 0 Å². The Balaban J connectivity index is 2.94. The number of nitrogens with two attached hydrogens (primary N) is 1. The molecular weight excluding hydrogens is 111 g/mol. The second-order valence-corrected chi connectivity index (χ2v) is 1.78. The van der Waals surface area contributed by atoms with Gasteiger partial charge >= 0.3 is 0 Å². The Bertz CT molecular complexity index is 200. The first-order valence-electron chi connectivity index (χ1n) is 2.73. The zero-order chi connectivity index (χ0) is 6.69. The average Bonchev–Trinajstić information content (AvgIpc) is 1.88. The van der Waals surface area contributed by atoms with Crippen molar-refractivity contribution in [3.05, 3.63) is 24.0 Å². The second-order valence-electron chi connectivity index (χ2n) is 1.78. The summed E-state index contributed by atoms with van der Waals surface area (Å²) in [6.45, 7) is 0.449. The Hall–Kier alpha value is -0.825. The van der Waals surface area contributed by atoms with Gasteiger partial charge in [-0.2, -0.15) is 0 Å². The van der Waals surface area contributed by atoms with E-state index in [4.69, 9.17) is 13.6 Å². The Morgan fingerprint density at radius 3 is 2.89 bits per heavy atom. The van der Waals surface area contributed by atoms with Crippen LogP contribution in [0.2, 0.25) is 0 Å². The van der Waals surface area contributed by atoms with Crippen LogP contribution in [0.5, 0.6) is 0 Å². The smallest absolute Gasteiger partial charge is 0.113 e. The van der Waals surface area contributed by atoms with Crippen LogP contribution in [-0.4, -0.2) is 12.8 Å². The summed E-state index contributed by atoms with van der Waals surface area (Å²) in [6, 6.07) is 3.50. The van der Waals surface area contributed by atoms with Gasteiger partial charge < -0.3 is 5.73 Å². The van der Waals surface area contributed by atoms with Crippen molar-refractivity contribution in [1.29, 1.82) is 0 Å². The summed E-state index contributed by atoms with van der Waals surface area (Å²) in [4.78, 5) is 3.95. The molecule has 1 heterocycles. The molecule has 0 fully saturated rings. The molecule has 0 aliphatic rings. The molecule has 1 aromatic rings. The van der Waals surface area contributed by atoms with Crippen molar-refractivity contribution in [1.82, 2.24) is 4.98 Å². The molecule has 1 rings (SSSR count). The lowest BCUT2D eigenvalue weighted by atomic mass is 9.97. The van der Waals surface area contributed by atoms with Crippen LogP contribution in [0.1, 0.15) is 5.69 Å². The molecule has 0 amide bonds. The molecule has 44 valence electrons. The summed E-state index contributed by atoms with van der Waals surface area (Å²) in [6.07, 6.45) is 1.65. The van der Waals surface area contributed by atoms with Gasteiger partial charge in [-0.15, -0.1) is 0 Å². The van der Waals surface area contributed by atoms with E-state index in [2.05, 4.69) is 4.98 Å². The third-order valence-electron chi connectivity index (χ3n) is 1.05. The van der Waals surface area contributed by atoms with E-state index in [0.717, 1.165) is 5.69 Å².